The largest absolute Gasteiger partial charge is 0.496 e. The summed E-state index contributed by atoms with van der Waals surface area (Å²) in [6, 6.07) is 7.59. The Bertz CT molecular complexity index is 880. The van der Waals surface area contributed by atoms with Crippen molar-refractivity contribution in [3.05, 3.63) is 29.1 Å². The molecule has 0 aliphatic carbocycles. The van der Waals surface area contributed by atoms with E-state index in [4.69, 9.17) is 21.4 Å². The number of hydrogen-bond acceptors (Lipinski definition) is 6. The zero-order chi connectivity index (χ0) is 19.5. The number of ether oxygens (including phenoxy) is 1. The van der Waals surface area contributed by atoms with Gasteiger partial charge in [0, 0.05) is 32.1 Å². The van der Waals surface area contributed by atoms with Crippen molar-refractivity contribution in [3.8, 4) is 17.2 Å². The molecule has 0 bridgehead atoms. The number of nitrogens with zero attached hydrogens (tertiary/aromatic N) is 4. The van der Waals surface area contributed by atoms with E-state index in [1.165, 1.54) is 0 Å². The van der Waals surface area contributed by atoms with Crippen LogP contribution in [0.25, 0.3) is 11.5 Å². The standard InChI is InChI=1S/C20H26N4O3S/c1-26-17-7-3-2-6-16(17)18-21-24(20(28)27-18)14-22-12-8-15(9-13-22)19(25)23-10-4-5-11-23/h2-3,6-7,15H,4-5,8-14H2,1H3. The molecule has 1 amide bonds. The molecular formula is C20H26N4O3S. The van der Waals surface area contributed by atoms with Gasteiger partial charge in [-0.3, -0.25) is 9.69 Å². The molecule has 4 rings (SSSR count). The first-order chi connectivity index (χ1) is 13.7. The number of aromatic nitrogens is 2. The van der Waals surface area contributed by atoms with E-state index in [0.717, 1.165) is 57.4 Å². The molecule has 0 spiro atoms. The first-order valence-corrected chi connectivity index (χ1v) is 10.3. The van der Waals surface area contributed by atoms with Gasteiger partial charge in [0.1, 0.15) is 5.75 Å². The minimum Gasteiger partial charge on any atom is -0.496 e. The number of carbonyl (C=O) groups is 1. The summed E-state index contributed by atoms with van der Waals surface area (Å²) in [6.45, 7) is 4.16. The van der Waals surface area contributed by atoms with Gasteiger partial charge in [0.2, 0.25) is 5.91 Å². The Balaban J connectivity index is 1.39. The third-order valence-corrected chi connectivity index (χ3v) is 5.93. The fourth-order valence-electron chi connectivity index (χ4n) is 4.03. The Morgan fingerprint density at radius 2 is 1.93 bits per heavy atom. The maximum Gasteiger partial charge on any atom is 0.288 e. The number of amides is 1. The Kier molecular flexibility index (Phi) is 5.77. The van der Waals surface area contributed by atoms with E-state index < -0.39 is 0 Å². The molecule has 0 radical (unpaired) electrons. The quantitative estimate of drug-likeness (QED) is 0.716. The van der Waals surface area contributed by atoms with Crippen molar-refractivity contribution in [3.63, 3.8) is 0 Å². The SMILES string of the molecule is COc1ccccc1-c1nn(CN2CCC(C(=O)N3CCCC3)CC2)c(=S)o1. The van der Waals surface area contributed by atoms with Crippen LogP contribution in [-0.4, -0.2) is 58.8 Å². The van der Waals surface area contributed by atoms with Gasteiger partial charge in [-0.05, 0) is 50.0 Å². The first-order valence-electron chi connectivity index (χ1n) is 9.88. The van der Waals surface area contributed by atoms with E-state index in [1.54, 1.807) is 11.8 Å². The van der Waals surface area contributed by atoms with Crippen LogP contribution in [0, 0.1) is 10.8 Å². The molecule has 3 heterocycles. The minimum absolute atomic E-state index is 0.156. The number of benzene rings is 1. The Labute approximate surface area is 169 Å². The molecule has 2 aromatic rings. The van der Waals surface area contributed by atoms with E-state index in [-0.39, 0.29) is 5.92 Å². The number of piperidine rings is 1. The normalized spacial score (nSPS) is 18.5. The number of para-hydroxylation sites is 1. The van der Waals surface area contributed by atoms with Gasteiger partial charge in [-0.2, -0.15) is 0 Å². The maximum atomic E-state index is 12.6. The fraction of sp³-hybridized carbons (Fsp3) is 0.550. The smallest absolute Gasteiger partial charge is 0.288 e. The molecule has 0 N–H and O–H groups in total. The third kappa shape index (κ3) is 3.98. The second kappa shape index (κ2) is 8.45. The predicted octanol–water partition coefficient (Wildman–Crippen LogP) is 3.17. The van der Waals surface area contributed by atoms with Crippen LogP contribution in [0.4, 0.5) is 0 Å². The second-order valence-corrected chi connectivity index (χ2v) is 7.79. The van der Waals surface area contributed by atoms with Crippen molar-refractivity contribution in [1.82, 2.24) is 19.6 Å². The zero-order valence-electron chi connectivity index (χ0n) is 16.2. The summed E-state index contributed by atoms with van der Waals surface area (Å²) in [5, 5.41) is 4.55. The highest BCUT2D eigenvalue weighted by Crippen LogP contribution is 2.28. The van der Waals surface area contributed by atoms with E-state index in [9.17, 15) is 4.79 Å². The third-order valence-electron chi connectivity index (χ3n) is 5.63. The van der Waals surface area contributed by atoms with Crippen LogP contribution in [-0.2, 0) is 11.5 Å². The van der Waals surface area contributed by atoms with Crippen molar-refractivity contribution in [1.29, 1.82) is 0 Å². The summed E-state index contributed by atoms with van der Waals surface area (Å²) in [7, 11) is 1.62. The zero-order valence-corrected chi connectivity index (χ0v) is 17.0. The number of methoxy groups -OCH3 is 1. The Hall–Kier alpha value is -2.19. The number of likely N-dealkylation sites (tertiary alicyclic amines) is 2. The maximum absolute atomic E-state index is 12.6. The van der Waals surface area contributed by atoms with Crippen LogP contribution in [0.5, 0.6) is 5.75 Å². The van der Waals surface area contributed by atoms with E-state index in [1.807, 2.05) is 29.2 Å². The van der Waals surface area contributed by atoms with Crippen LogP contribution >= 0.6 is 12.2 Å². The average Bonchev–Trinajstić information content (AvgIpc) is 3.38. The molecule has 150 valence electrons. The van der Waals surface area contributed by atoms with E-state index in [2.05, 4.69) is 10.00 Å². The molecule has 2 saturated heterocycles. The Morgan fingerprint density at radius 3 is 2.64 bits per heavy atom. The summed E-state index contributed by atoms with van der Waals surface area (Å²) in [4.78, 5) is 17.2. The van der Waals surface area contributed by atoms with E-state index >= 15 is 0 Å². The van der Waals surface area contributed by atoms with Crippen LogP contribution in [0.1, 0.15) is 25.7 Å². The molecule has 0 unspecified atom stereocenters. The molecule has 28 heavy (non-hydrogen) atoms. The fourth-order valence-corrected chi connectivity index (χ4v) is 4.21. The summed E-state index contributed by atoms with van der Waals surface area (Å²) in [6.07, 6.45) is 4.06. The van der Waals surface area contributed by atoms with Crippen molar-refractivity contribution in [2.75, 3.05) is 33.3 Å². The first kappa shape index (κ1) is 19.1. The summed E-state index contributed by atoms with van der Waals surface area (Å²) in [5.41, 5.74) is 0.782. The van der Waals surface area contributed by atoms with Crippen LogP contribution in [0.2, 0.25) is 0 Å². The lowest BCUT2D eigenvalue weighted by Crippen LogP contribution is -2.42. The molecule has 8 heteroatoms. The lowest BCUT2D eigenvalue weighted by Gasteiger charge is -2.32. The van der Waals surface area contributed by atoms with Crippen LogP contribution in [0.15, 0.2) is 28.7 Å². The summed E-state index contributed by atoms with van der Waals surface area (Å²) < 4.78 is 12.8. The van der Waals surface area contributed by atoms with Gasteiger partial charge in [0.25, 0.3) is 10.7 Å². The Morgan fingerprint density at radius 1 is 1.21 bits per heavy atom. The highest BCUT2D eigenvalue weighted by molar-refractivity contribution is 7.71. The van der Waals surface area contributed by atoms with Crippen molar-refractivity contribution >= 4 is 18.1 Å². The van der Waals surface area contributed by atoms with Crippen molar-refractivity contribution < 1.29 is 13.9 Å². The molecule has 2 aliphatic rings. The highest BCUT2D eigenvalue weighted by Gasteiger charge is 2.30. The monoisotopic (exact) mass is 402 g/mol. The number of rotatable bonds is 5. The topological polar surface area (TPSA) is 63.7 Å². The molecule has 7 nitrogen and oxygen atoms in total. The average molecular weight is 403 g/mol. The van der Waals surface area contributed by atoms with Gasteiger partial charge in [-0.15, -0.1) is 5.10 Å². The van der Waals surface area contributed by atoms with Gasteiger partial charge in [-0.1, -0.05) is 12.1 Å². The molecule has 2 aliphatic heterocycles. The molecule has 1 aromatic carbocycles. The van der Waals surface area contributed by atoms with Gasteiger partial charge in [0.05, 0.1) is 19.3 Å². The second-order valence-electron chi connectivity index (χ2n) is 7.44. The van der Waals surface area contributed by atoms with Crippen molar-refractivity contribution in [2.45, 2.75) is 32.4 Å². The van der Waals surface area contributed by atoms with Gasteiger partial charge >= 0.3 is 0 Å². The predicted molar refractivity (Wildman–Crippen MR) is 107 cm³/mol. The van der Waals surface area contributed by atoms with Gasteiger partial charge in [-0.25, -0.2) is 4.68 Å². The summed E-state index contributed by atoms with van der Waals surface area (Å²) in [5.74, 6) is 1.66. The molecule has 1 aromatic heterocycles. The lowest BCUT2D eigenvalue weighted by atomic mass is 9.95. The van der Waals surface area contributed by atoms with Crippen LogP contribution in [0.3, 0.4) is 0 Å². The van der Waals surface area contributed by atoms with Crippen LogP contribution < -0.4 is 4.74 Å². The van der Waals surface area contributed by atoms with Crippen molar-refractivity contribution in [2.24, 2.45) is 5.92 Å². The number of hydrogen-bond donors (Lipinski definition) is 0. The molecule has 0 atom stereocenters. The van der Waals surface area contributed by atoms with Gasteiger partial charge < -0.3 is 14.1 Å². The molecular weight excluding hydrogens is 376 g/mol. The lowest BCUT2D eigenvalue weighted by molar-refractivity contribution is -0.136. The molecule has 2 fully saturated rings. The van der Waals surface area contributed by atoms with Gasteiger partial charge in [0.15, 0.2) is 0 Å². The number of carbonyl (C=O) groups excluding carboxylic acids is 1. The molecule has 0 saturated carbocycles. The minimum atomic E-state index is 0.156. The van der Waals surface area contributed by atoms with E-state index in [0.29, 0.717) is 29.1 Å². The highest BCUT2D eigenvalue weighted by atomic mass is 32.1. The summed E-state index contributed by atoms with van der Waals surface area (Å²) >= 11 is 5.36.